The first-order chi connectivity index (χ1) is 7.83. The van der Waals surface area contributed by atoms with Crippen LogP contribution in [0.15, 0.2) is 17.5 Å². The zero-order valence-electron chi connectivity index (χ0n) is 10.1. The first kappa shape index (κ1) is 12.1. The molecule has 3 heteroatoms. The normalized spacial score (nSPS) is 21.9. The molecule has 2 rings (SSSR count). The predicted molar refractivity (Wildman–Crippen MR) is 71.0 cm³/mol. The quantitative estimate of drug-likeness (QED) is 0.874. The molecule has 16 heavy (non-hydrogen) atoms. The summed E-state index contributed by atoms with van der Waals surface area (Å²) in [4.78, 5) is 4.06. The van der Waals surface area contributed by atoms with Gasteiger partial charge in [-0.3, -0.25) is 4.90 Å². The molecule has 0 saturated carbocycles. The van der Waals surface area contributed by atoms with E-state index < -0.39 is 0 Å². The highest BCUT2D eigenvalue weighted by atomic mass is 32.1. The van der Waals surface area contributed by atoms with Crippen molar-refractivity contribution in [1.29, 1.82) is 0 Å². The van der Waals surface area contributed by atoms with E-state index in [1.165, 1.54) is 37.2 Å². The number of piperidine rings is 1. The Balaban J connectivity index is 2.03. The van der Waals surface area contributed by atoms with Gasteiger partial charge in [-0.25, -0.2) is 0 Å². The lowest BCUT2D eigenvalue weighted by Gasteiger charge is -2.37. The predicted octanol–water partition coefficient (Wildman–Crippen LogP) is 2.66. The minimum Gasteiger partial charge on any atom is -0.329 e. The van der Waals surface area contributed by atoms with E-state index in [2.05, 4.69) is 29.3 Å². The van der Waals surface area contributed by atoms with Gasteiger partial charge in [0.15, 0.2) is 0 Å². The van der Waals surface area contributed by atoms with Crippen molar-refractivity contribution in [1.82, 2.24) is 4.90 Å². The smallest absolute Gasteiger partial charge is 0.0292 e. The third-order valence-corrected chi connectivity index (χ3v) is 4.74. The van der Waals surface area contributed by atoms with E-state index >= 15 is 0 Å². The molecular weight excluding hydrogens is 216 g/mol. The zero-order valence-corrected chi connectivity index (χ0v) is 10.9. The Morgan fingerprint density at radius 3 is 2.69 bits per heavy atom. The largest absolute Gasteiger partial charge is 0.329 e. The Labute approximate surface area is 102 Å². The Morgan fingerprint density at radius 1 is 1.38 bits per heavy atom. The number of thiophene rings is 1. The van der Waals surface area contributed by atoms with Crippen LogP contribution >= 0.6 is 11.3 Å². The van der Waals surface area contributed by atoms with Gasteiger partial charge in [-0.2, -0.15) is 0 Å². The maximum atomic E-state index is 5.97. The lowest BCUT2D eigenvalue weighted by atomic mass is 9.96. The molecule has 2 atom stereocenters. The summed E-state index contributed by atoms with van der Waals surface area (Å²) in [5.41, 5.74) is 5.97. The number of nitrogens with two attached hydrogens (primary N) is 1. The minimum atomic E-state index is 0.527. The van der Waals surface area contributed by atoms with Crippen molar-refractivity contribution < 1.29 is 0 Å². The highest BCUT2D eigenvalue weighted by Crippen LogP contribution is 2.28. The molecule has 1 fully saturated rings. The molecule has 0 spiro atoms. The Bertz CT molecular complexity index is 291. The third-order valence-electron chi connectivity index (χ3n) is 3.67. The highest BCUT2D eigenvalue weighted by molar-refractivity contribution is 7.10. The fourth-order valence-corrected chi connectivity index (χ4v) is 3.50. The minimum absolute atomic E-state index is 0.527. The van der Waals surface area contributed by atoms with Crippen LogP contribution in [0.3, 0.4) is 0 Å². The van der Waals surface area contributed by atoms with E-state index in [1.54, 1.807) is 0 Å². The van der Waals surface area contributed by atoms with Crippen LogP contribution in [0, 0.1) is 0 Å². The standard InChI is InChI=1S/C13H22N2S/c1-11(13-6-5-9-16-13)12(10-14)15-7-3-2-4-8-15/h5-6,9,11-12H,2-4,7-8,10,14H2,1H3. The average molecular weight is 238 g/mol. The molecule has 1 saturated heterocycles. The van der Waals surface area contributed by atoms with Gasteiger partial charge < -0.3 is 5.73 Å². The summed E-state index contributed by atoms with van der Waals surface area (Å²) >= 11 is 1.86. The van der Waals surface area contributed by atoms with Gasteiger partial charge in [0.1, 0.15) is 0 Å². The summed E-state index contributed by atoms with van der Waals surface area (Å²) < 4.78 is 0. The molecule has 90 valence electrons. The Kier molecular flexibility index (Phi) is 4.38. The first-order valence-electron chi connectivity index (χ1n) is 6.30. The highest BCUT2D eigenvalue weighted by Gasteiger charge is 2.25. The van der Waals surface area contributed by atoms with Gasteiger partial charge in [0.2, 0.25) is 0 Å². The summed E-state index contributed by atoms with van der Waals surface area (Å²) in [6.07, 6.45) is 4.07. The molecule has 1 aliphatic rings. The number of hydrogen-bond acceptors (Lipinski definition) is 3. The Morgan fingerprint density at radius 2 is 2.12 bits per heavy atom. The lowest BCUT2D eigenvalue weighted by molar-refractivity contribution is 0.150. The second kappa shape index (κ2) is 5.80. The van der Waals surface area contributed by atoms with Crippen LogP contribution in [0.4, 0.5) is 0 Å². The molecule has 0 aromatic carbocycles. The van der Waals surface area contributed by atoms with Gasteiger partial charge in [0.05, 0.1) is 0 Å². The SMILES string of the molecule is CC(c1cccs1)C(CN)N1CCCCC1. The van der Waals surface area contributed by atoms with Gasteiger partial charge in [-0.15, -0.1) is 11.3 Å². The van der Waals surface area contributed by atoms with Crippen molar-refractivity contribution in [3.05, 3.63) is 22.4 Å². The topological polar surface area (TPSA) is 29.3 Å². The molecule has 0 aliphatic carbocycles. The lowest BCUT2D eigenvalue weighted by Crippen LogP contribution is -2.46. The van der Waals surface area contributed by atoms with Crippen LogP contribution in [0.25, 0.3) is 0 Å². The summed E-state index contributed by atoms with van der Waals surface area (Å²) in [6.45, 7) is 5.56. The van der Waals surface area contributed by atoms with Crippen molar-refractivity contribution in [2.45, 2.75) is 38.1 Å². The van der Waals surface area contributed by atoms with Gasteiger partial charge >= 0.3 is 0 Å². The van der Waals surface area contributed by atoms with Gasteiger partial charge in [-0.1, -0.05) is 19.4 Å². The fourth-order valence-electron chi connectivity index (χ4n) is 2.66. The molecule has 2 nitrogen and oxygen atoms in total. The van der Waals surface area contributed by atoms with E-state index in [9.17, 15) is 0 Å². The zero-order chi connectivity index (χ0) is 11.4. The molecular formula is C13H22N2S. The molecule has 2 N–H and O–H groups in total. The van der Waals surface area contributed by atoms with Crippen molar-refractivity contribution in [2.24, 2.45) is 5.73 Å². The van der Waals surface area contributed by atoms with Crippen LogP contribution in [0.1, 0.15) is 37.0 Å². The van der Waals surface area contributed by atoms with Crippen LogP contribution in [-0.2, 0) is 0 Å². The molecule has 0 radical (unpaired) electrons. The van der Waals surface area contributed by atoms with Gasteiger partial charge in [0, 0.05) is 23.4 Å². The van der Waals surface area contributed by atoms with E-state index in [-0.39, 0.29) is 0 Å². The van der Waals surface area contributed by atoms with Gasteiger partial charge in [-0.05, 0) is 37.4 Å². The van der Waals surface area contributed by atoms with Crippen LogP contribution in [0.2, 0.25) is 0 Å². The third kappa shape index (κ3) is 2.65. The second-order valence-electron chi connectivity index (χ2n) is 4.70. The van der Waals surface area contributed by atoms with Crippen molar-refractivity contribution in [3.8, 4) is 0 Å². The molecule has 1 aromatic rings. The maximum Gasteiger partial charge on any atom is 0.0292 e. The van der Waals surface area contributed by atoms with E-state index in [0.29, 0.717) is 12.0 Å². The monoisotopic (exact) mass is 238 g/mol. The fraction of sp³-hybridized carbons (Fsp3) is 0.692. The van der Waals surface area contributed by atoms with Crippen molar-refractivity contribution in [3.63, 3.8) is 0 Å². The Hall–Kier alpha value is -0.380. The molecule has 0 amide bonds. The molecule has 1 aliphatic heterocycles. The molecule has 2 heterocycles. The van der Waals surface area contributed by atoms with Crippen molar-refractivity contribution >= 4 is 11.3 Å². The van der Waals surface area contributed by atoms with Gasteiger partial charge in [0.25, 0.3) is 0 Å². The summed E-state index contributed by atoms with van der Waals surface area (Å²) in [5.74, 6) is 0.572. The van der Waals surface area contributed by atoms with E-state index in [4.69, 9.17) is 5.73 Å². The first-order valence-corrected chi connectivity index (χ1v) is 7.18. The number of rotatable bonds is 4. The summed E-state index contributed by atoms with van der Waals surface area (Å²) in [6, 6.07) is 4.90. The number of nitrogens with zero attached hydrogens (tertiary/aromatic N) is 1. The molecule has 1 aromatic heterocycles. The van der Waals surface area contributed by atoms with E-state index in [0.717, 1.165) is 6.54 Å². The maximum absolute atomic E-state index is 5.97. The van der Waals surface area contributed by atoms with Crippen molar-refractivity contribution in [2.75, 3.05) is 19.6 Å². The molecule has 0 bridgehead atoms. The van der Waals surface area contributed by atoms with Crippen LogP contribution in [0.5, 0.6) is 0 Å². The summed E-state index contributed by atoms with van der Waals surface area (Å²) in [7, 11) is 0. The summed E-state index contributed by atoms with van der Waals surface area (Å²) in [5, 5.41) is 2.16. The second-order valence-corrected chi connectivity index (χ2v) is 5.68. The van der Waals surface area contributed by atoms with Crippen LogP contribution < -0.4 is 5.73 Å². The number of hydrogen-bond donors (Lipinski definition) is 1. The number of likely N-dealkylation sites (tertiary alicyclic amines) is 1. The molecule has 2 unspecified atom stereocenters. The average Bonchev–Trinajstić information content (AvgIpc) is 2.85. The van der Waals surface area contributed by atoms with Crippen LogP contribution in [-0.4, -0.2) is 30.6 Å². The van der Waals surface area contributed by atoms with E-state index in [1.807, 2.05) is 11.3 Å².